The van der Waals surface area contributed by atoms with Crippen LogP contribution in [0.1, 0.15) is 26.2 Å². The third kappa shape index (κ3) is 7.77. The molecule has 0 aliphatic heterocycles. The molecular weight excluding hydrogens is 190 g/mol. The zero-order valence-corrected chi connectivity index (χ0v) is 9.51. The topological polar surface area (TPSA) is 38.3 Å². The molecule has 0 rings (SSSR count). The Morgan fingerprint density at radius 3 is 2.87 bits per heavy atom. The molecule has 0 aromatic carbocycles. The van der Waals surface area contributed by atoms with Gasteiger partial charge in [-0.25, -0.2) is 4.79 Å². The fourth-order valence-electron chi connectivity index (χ4n) is 1.05. The number of esters is 1. The van der Waals surface area contributed by atoms with Crippen LogP contribution >= 0.6 is 0 Å². The van der Waals surface area contributed by atoms with E-state index in [1.807, 2.05) is 6.08 Å². The molecule has 0 aromatic heterocycles. The maximum absolute atomic E-state index is 11.0. The highest BCUT2D eigenvalue weighted by Crippen LogP contribution is 1.94. The smallest absolute Gasteiger partial charge is 0.333 e. The van der Waals surface area contributed by atoms with E-state index in [2.05, 4.69) is 16.0 Å². The van der Waals surface area contributed by atoms with Crippen LogP contribution in [-0.4, -0.2) is 26.2 Å². The Kier molecular flexibility index (Phi) is 8.50. The zero-order valence-electron chi connectivity index (χ0n) is 9.51. The third-order valence-electron chi connectivity index (χ3n) is 1.98. The monoisotopic (exact) mass is 209 g/mol. The van der Waals surface area contributed by atoms with E-state index in [1.165, 1.54) is 7.11 Å². The molecular formula is C12H19NO2. The van der Waals surface area contributed by atoms with Gasteiger partial charge in [-0.05, 0) is 26.3 Å². The van der Waals surface area contributed by atoms with E-state index in [9.17, 15) is 4.79 Å². The molecule has 0 amide bonds. The summed E-state index contributed by atoms with van der Waals surface area (Å²) in [5, 5.41) is 3.20. The van der Waals surface area contributed by atoms with Gasteiger partial charge < -0.3 is 10.1 Å². The van der Waals surface area contributed by atoms with Gasteiger partial charge in [0.2, 0.25) is 0 Å². The number of nitrogens with one attached hydrogen (secondary N) is 1. The second-order valence-electron chi connectivity index (χ2n) is 3.24. The number of unbranched alkanes of at least 4 members (excludes halogenated alkanes) is 2. The fraction of sp³-hybridized carbons (Fsp3) is 0.583. The highest BCUT2D eigenvalue weighted by Gasteiger charge is 2.00. The average molecular weight is 209 g/mol. The van der Waals surface area contributed by atoms with Crippen LogP contribution in [0.3, 0.4) is 0 Å². The maximum atomic E-state index is 11.0. The molecule has 1 N–H and O–H groups in total. The quantitative estimate of drug-likeness (QED) is 0.299. The summed E-state index contributed by atoms with van der Waals surface area (Å²) in [6, 6.07) is 0. The summed E-state index contributed by atoms with van der Waals surface area (Å²) in [7, 11) is 1.38. The van der Waals surface area contributed by atoms with Crippen LogP contribution in [0.2, 0.25) is 0 Å². The summed E-state index contributed by atoms with van der Waals surface area (Å²) in [5.74, 6) is 2.32. The van der Waals surface area contributed by atoms with Gasteiger partial charge in [0, 0.05) is 18.5 Å². The van der Waals surface area contributed by atoms with Crippen molar-refractivity contribution in [1.82, 2.24) is 5.32 Å². The maximum Gasteiger partial charge on any atom is 0.333 e. The largest absolute Gasteiger partial charge is 0.466 e. The zero-order chi connectivity index (χ0) is 11.5. The lowest BCUT2D eigenvalue weighted by molar-refractivity contribution is -0.136. The second-order valence-corrected chi connectivity index (χ2v) is 3.24. The predicted molar refractivity (Wildman–Crippen MR) is 61.3 cm³/mol. The number of hydrogen-bond donors (Lipinski definition) is 1. The molecule has 0 atom stereocenters. The summed E-state index contributed by atoms with van der Waals surface area (Å²) in [6.07, 6.45) is 9.89. The van der Waals surface area contributed by atoms with Crippen LogP contribution in [-0.2, 0) is 9.53 Å². The van der Waals surface area contributed by atoms with Crippen LogP contribution in [0.4, 0.5) is 0 Å². The van der Waals surface area contributed by atoms with Crippen molar-refractivity contribution in [1.29, 1.82) is 0 Å². The molecule has 0 aliphatic rings. The minimum absolute atomic E-state index is 0.274. The first-order valence-electron chi connectivity index (χ1n) is 5.11. The minimum atomic E-state index is -0.274. The van der Waals surface area contributed by atoms with Crippen molar-refractivity contribution >= 4 is 5.97 Å². The van der Waals surface area contributed by atoms with Gasteiger partial charge in [0.25, 0.3) is 0 Å². The Hall–Kier alpha value is -1.27. The Morgan fingerprint density at radius 2 is 2.27 bits per heavy atom. The van der Waals surface area contributed by atoms with Crippen molar-refractivity contribution in [3.8, 4) is 12.3 Å². The lowest BCUT2D eigenvalue weighted by Gasteiger charge is -2.01. The highest BCUT2D eigenvalue weighted by atomic mass is 16.5. The fourth-order valence-corrected chi connectivity index (χ4v) is 1.05. The van der Waals surface area contributed by atoms with E-state index < -0.39 is 0 Å². The molecule has 0 saturated carbocycles. The van der Waals surface area contributed by atoms with Gasteiger partial charge in [0.1, 0.15) is 0 Å². The summed E-state index contributed by atoms with van der Waals surface area (Å²) >= 11 is 0. The van der Waals surface area contributed by atoms with Crippen molar-refractivity contribution in [2.24, 2.45) is 0 Å². The molecule has 0 aromatic rings. The number of carbonyl (C=O) groups excluding carboxylic acids is 1. The Morgan fingerprint density at radius 1 is 1.53 bits per heavy atom. The first-order valence-corrected chi connectivity index (χ1v) is 5.11. The summed E-state index contributed by atoms with van der Waals surface area (Å²) < 4.78 is 4.56. The molecule has 3 heteroatoms. The molecule has 0 fully saturated rings. The van der Waals surface area contributed by atoms with Crippen molar-refractivity contribution in [3.05, 3.63) is 11.6 Å². The van der Waals surface area contributed by atoms with Crippen LogP contribution in [0.5, 0.6) is 0 Å². The molecule has 0 spiro atoms. The first-order chi connectivity index (χ1) is 7.22. The standard InChI is InChI=1S/C12H19NO2/c1-4-5-6-7-9-13-10-8-11(2)12(14)15-3/h1,8,13H,5-7,9-10H2,2-3H3. The number of ether oxygens (including phenoxy) is 1. The lowest BCUT2D eigenvalue weighted by atomic mass is 10.2. The van der Waals surface area contributed by atoms with Crippen molar-refractivity contribution in [2.75, 3.05) is 20.2 Å². The van der Waals surface area contributed by atoms with Gasteiger partial charge in [-0.15, -0.1) is 12.3 Å². The van der Waals surface area contributed by atoms with Crippen LogP contribution in [0.25, 0.3) is 0 Å². The van der Waals surface area contributed by atoms with Gasteiger partial charge in [-0.2, -0.15) is 0 Å². The second kappa shape index (κ2) is 9.29. The molecule has 0 radical (unpaired) electrons. The molecule has 3 nitrogen and oxygen atoms in total. The van der Waals surface area contributed by atoms with E-state index in [4.69, 9.17) is 6.42 Å². The molecule has 15 heavy (non-hydrogen) atoms. The van der Waals surface area contributed by atoms with Gasteiger partial charge in [0.15, 0.2) is 0 Å². The van der Waals surface area contributed by atoms with Crippen molar-refractivity contribution in [2.45, 2.75) is 26.2 Å². The van der Waals surface area contributed by atoms with Gasteiger partial charge >= 0.3 is 5.97 Å². The van der Waals surface area contributed by atoms with Gasteiger partial charge in [-0.1, -0.05) is 6.08 Å². The van der Waals surface area contributed by atoms with E-state index in [0.717, 1.165) is 25.8 Å². The Balaban J connectivity index is 3.45. The van der Waals surface area contributed by atoms with E-state index in [1.54, 1.807) is 6.92 Å². The predicted octanol–water partition coefficient (Wildman–Crippen LogP) is 1.50. The van der Waals surface area contributed by atoms with Crippen LogP contribution in [0.15, 0.2) is 11.6 Å². The Bertz CT molecular complexity index is 251. The molecule has 0 heterocycles. The van der Waals surface area contributed by atoms with Gasteiger partial charge in [-0.3, -0.25) is 0 Å². The van der Waals surface area contributed by atoms with E-state index >= 15 is 0 Å². The number of methoxy groups -OCH3 is 1. The number of rotatable bonds is 7. The van der Waals surface area contributed by atoms with Gasteiger partial charge in [0.05, 0.1) is 7.11 Å². The summed E-state index contributed by atoms with van der Waals surface area (Å²) in [4.78, 5) is 11.0. The number of hydrogen-bond acceptors (Lipinski definition) is 3. The minimum Gasteiger partial charge on any atom is -0.466 e. The molecule has 0 bridgehead atoms. The highest BCUT2D eigenvalue weighted by molar-refractivity contribution is 5.87. The van der Waals surface area contributed by atoms with Crippen molar-refractivity contribution < 1.29 is 9.53 Å². The molecule has 0 saturated heterocycles. The molecule has 84 valence electrons. The SMILES string of the molecule is C#CCCCCNCC=C(C)C(=O)OC. The van der Waals surface area contributed by atoms with Crippen molar-refractivity contribution in [3.63, 3.8) is 0 Å². The number of carbonyl (C=O) groups is 1. The molecule has 0 unspecified atom stereocenters. The van der Waals surface area contributed by atoms with E-state index in [-0.39, 0.29) is 5.97 Å². The Labute approximate surface area is 91.9 Å². The molecule has 0 aliphatic carbocycles. The van der Waals surface area contributed by atoms with E-state index in [0.29, 0.717) is 12.1 Å². The summed E-state index contributed by atoms with van der Waals surface area (Å²) in [5.41, 5.74) is 0.633. The average Bonchev–Trinajstić information content (AvgIpc) is 2.26. The van der Waals surface area contributed by atoms with Crippen LogP contribution in [0, 0.1) is 12.3 Å². The normalized spacial score (nSPS) is 10.9. The summed E-state index contributed by atoms with van der Waals surface area (Å²) in [6.45, 7) is 3.36. The number of terminal acetylenes is 1. The van der Waals surface area contributed by atoms with Crippen LogP contribution < -0.4 is 5.32 Å². The third-order valence-corrected chi connectivity index (χ3v) is 1.98. The first kappa shape index (κ1) is 13.7. The lowest BCUT2D eigenvalue weighted by Crippen LogP contribution is -2.16.